The number of aliphatic hydroxyl groups excluding tert-OH is 1. The number of carboxylic acids is 1. The molecule has 1 aromatic rings. The molecule has 0 bridgehead atoms. The molecule has 9 heteroatoms. The van der Waals surface area contributed by atoms with E-state index in [1.165, 1.54) is 24.3 Å². The topological polar surface area (TPSA) is 130 Å². The number of carboxylic acid groups (broad SMARTS) is 1. The summed E-state index contributed by atoms with van der Waals surface area (Å²) in [4.78, 5) is 21.6. The van der Waals surface area contributed by atoms with E-state index in [0.717, 1.165) is 7.11 Å². The smallest absolute Gasteiger partial charge is 0.326 e. The molecule has 0 saturated carbocycles. The maximum atomic E-state index is 12.0. The van der Waals surface area contributed by atoms with Crippen LogP contribution in [0.3, 0.4) is 0 Å². The van der Waals surface area contributed by atoms with Crippen LogP contribution < -0.4 is 4.72 Å². The Morgan fingerprint density at radius 1 is 1.29 bits per heavy atom. The Bertz CT molecular complexity index is 609. The third-order valence-electron chi connectivity index (χ3n) is 2.55. The first-order valence-electron chi connectivity index (χ1n) is 5.82. The molecule has 0 aliphatic carbocycles. The maximum absolute atomic E-state index is 12.0. The Hall–Kier alpha value is -1.97. The van der Waals surface area contributed by atoms with Crippen LogP contribution in [0.25, 0.3) is 0 Å². The molecule has 0 aliphatic rings. The summed E-state index contributed by atoms with van der Waals surface area (Å²) in [6, 6.07) is 3.74. The number of sulfonamides is 1. The van der Waals surface area contributed by atoms with Crippen LogP contribution in [0.5, 0.6) is 0 Å². The molecule has 116 valence electrons. The van der Waals surface area contributed by atoms with Gasteiger partial charge in [0.05, 0.1) is 25.0 Å². The number of rotatable bonds is 7. The summed E-state index contributed by atoms with van der Waals surface area (Å²) >= 11 is 0. The lowest BCUT2D eigenvalue weighted by molar-refractivity contribution is -0.143. The first kappa shape index (κ1) is 17.1. The van der Waals surface area contributed by atoms with Gasteiger partial charge in [-0.3, -0.25) is 9.59 Å². The number of ether oxygens (including phenoxy) is 1. The minimum Gasteiger partial charge on any atom is -0.481 e. The summed E-state index contributed by atoms with van der Waals surface area (Å²) < 4.78 is 30.4. The number of hydrogen-bond donors (Lipinski definition) is 3. The predicted octanol–water partition coefficient (Wildman–Crippen LogP) is -0.874. The van der Waals surface area contributed by atoms with E-state index in [0.29, 0.717) is 5.56 Å². The first-order chi connectivity index (χ1) is 9.80. The van der Waals surface area contributed by atoms with Crippen LogP contribution in [-0.4, -0.2) is 50.3 Å². The highest BCUT2D eigenvalue weighted by molar-refractivity contribution is 7.89. The van der Waals surface area contributed by atoms with E-state index in [1.54, 1.807) is 0 Å². The molecule has 3 N–H and O–H groups in total. The monoisotopic (exact) mass is 317 g/mol. The van der Waals surface area contributed by atoms with Gasteiger partial charge in [-0.25, -0.2) is 8.42 Å². The van der Waals surface area contributed by atoms with Crippen LogP contribution >= 0.6 is 0 Å². The van der Waals surface area contributed by atoms with E-state index in [4.69, 9.17) is 10.2 Å². The SMILES string of the molecule is COC(=O)C(CO)NS(=O)(=O)c1ccc(CC(=O)O)cc1. The minimum atomic E-state index is -4.03. The van der Waals surface area contributed by atoms with E-state index in [9.17, 15) is 18.0 Å². The van der Waals surface area contributed by atoms with E-state index in [1.807, 2.05) is 4.72 Å². The molecule has 1 atom stereocenters. The second-order valence-electron chi connectivity index (χ2n) is 4.09. The Balaban J connectivity index is 2.92. The second-order valence-corrected chi connectivity index (χ2v) is 5.81. The van der Waals surface area contributed by atoms with Crippen LogP contribution in [0.2, 0.25) is 0 Å². The van der Waals surface area contributed by atoms with Gasteiger partial charge in [0, 0.05) is 0 Å². The molecule has 1 rings (SSSR count). The van der Waals surface area contributed by atoms with Gasteiger partial charge in [0.2, 0.25) is 10.0 Å². The van der Waals surface area contributed by atoms with Crippen molar-refractivity contribution >= 4 is 22.0 Å². The fraction of sp³-hybridized carbons (Fsp3) is 0.333. The molecule has 0 amide bonds. The standard InChI is InChI=1S/C12H15NO7S/c1-20-12(17)10(7-14)13-21(18,19)9-4-2-8(3-5-9)6-11(15)16/h2-5,10,13-14H,6-7H2,1H3,(H,15,16). The number of methoxy groups -OCH3 is 1. The van der Waals surface area contributed by atoms with E-state index < -0.39 is 34.6 Å². The van der Waals surface area contributed by atoms with Gasteiger partial charge in [0.15, 0.2) is 0 Å². The molecule has 0 fully saturated rings. The number of esters is 1. The number of aliphatic hydroxyl groups is 1. The number of benzene rings is 1. The summed E-state index contributed by atoms with van der Waals surface area (Å²) in [5.74, 6) is -1.95. The van der Waals surface area contributed by atoms with Crippen molar-refractivity contribution in [3.8, 4) is 0 Å². The molecule has 1 unspecified atom stereocenters. The van der Waals surface area contributed by atoms with Crippen LogP contribution in [0.1, 0.15) is 5.56 Å². The zero-order valence-electron chi connectivity index (χ0n) is 11.1. The van der Waals surface area contributed by atoms with Crippen molar-refractivity contribution in [2.24, 2.45) is 0 Å². The molecule has 0 aromatic heterocycles. The van der Waals surface area contributed by atoms with E-state index in [-0.39, 0.29) is 11.3 Å². The maximum Gasteiger partial charge on any atom is 0.326 e. The Kier molecular flexibility index (Phi) is 5.82. The minimum absolute atomic E-state index is 0.154. The van der Waals surface area contributed by atoms with Crippen molar-refractivity contribution in [1.82, 2.24) is 4.72 Å². The van der Waals surface area contributed by atoms with Crippen molar-refractivity contribution in [3.63, 3.8) is 0 Å². The molecule has 1 aromatic carbocycles. The Morgan fingerprint density at radius 3 is 2.29 bits per heavy atom. The highest BCUT2D eigenvalue weighted by Crippen LogP contribution is 2.12. The largest absolute Gasteiger partial charge is 0.481 e. The van der Waals surface area contributed by atoms with Gasteiger partial charge < -0.3 is 14.9 Å². The van der Waals surface area contributed by atoms with Crippen molar-refractivity contribution in [2.75, 3.05) is 13.7 Å². The van der Waals surface area contributed by atoms with Crippen molar-refractivity contribution in [3.05, 3.63) is 29.8 Å². The van der Waals surface area contributed by atoms with Crippen molar-refractivity contribution in [1.29, 1.82) is 0 Å². The van der Waals surface area contributed by atoms with Gasteiger partial charge >= 0.3 is 11.9 Å². The fourth-order valence-corrected chi connectivity index (χ4v) is 2.69. The summed E-state index contributed by atoms with van der Waals surface area (Å²) in [6.07, 6.45) is -0.227. The van der Waals surface area contributed by atoms with Crippen LogP contribution in [0.15, 0.2) is 29.2 Å². The molecule has 8 nitrogen and oxygen atoms in total. The lowest BCUT2D eigenvalue weighted by atomic mass is 10.2. The Labute approximate surface area is 121 Å². The van der Waals surface area contributed by atoms with Gasteiger partial charge in [0.1, 0.15) is 6.04 Å². The average molecular weight is 317 g/mol. The number of aliphatic carboxylic acids is 1. The second kappa shape index (κ2) is 7.16. The average Bonchev–Trinajstić information content (AvgIpc) is 2.44. The van der Waals surface area contributed by atoms with Gasteiger partial charge in [-0.05, 0) is 17.7 Å². The van der Waals surface area contributed by atoms with Crippen LogP contribution in [0, 0.1) is 0 Å². The quantitative estimate of drug-likeness (QED) is 0.557. The highest BCUT2D eigenvalue weighted by atomic mass is 32.2. The third-order valence-corrected chi connectivity index (χ3v) is 4.04. The molecule has 0 spiro atoms. The normalized spacial score (nSPS) is 12.7. The third kappa shape index (κ3) is 4.81. The molecular formula is C12H15NO7S. The van der Waals surface area contributed by atoms with E-state index in [2.05, 4.69) is 4.74 Å². The van der Waals surface area contributed by atoms with E-state index >= 15 is 0 Å². The van der Waals surface area contributed by atoms with Crippen LogP contribution in [0.4, 0.5) is 0 Å². The zero-order valence-corrected chi connectivity index (χ0v) is 12.0. The molecule has 0 heterocycles. The number of nitrogens with one attached hydrogen (secondary N) is 1. The van der Waals surface area contributed by atoms with Gasteiger partial charge in [0.25, 0.3) is 0 Å². The summed E-state index contributed by atoms with van der Waals surface area (Å²) in [7, 11) is -2.96. The number of carbonyl (C=O) groups is 2. The molecule has 21 heavy (non-hydrogen) atoms. The molecule has 0 radical (unpaired) electrons. The van der Waals surface area contributed by atoms with Crippen LogP contribution in [-0.2, 0) is 30.8 Å². The molecular weight excluding hydrogens is 302 g/mol. The fourth-order valence-electron chi connectivity index (χ4n) is 1.52. The summed E-state index contributed by atoms with van der Waals surface area (Å²) in [6.45, 7) is -0.747. The summed E-state index contributed by atoms with van der Waals surface area (Å²) in [5.41, 5.74) is 0.438. The van der Waals surface area contributed by atoms with Gasteiger partial charge in [-0.1, -0.05) is 12.1 Å². The van der Waals surface area contributed by atoms with Crippen molar-refractivity contribution < 1.29 is 33.0 Å². The summed E-state index contributed by atoms with van der Waals surface area (Å²) in [5, 5.41) is 17.6. The zero-order chi connectivity index (χ0) is 16.0. The lowest BCUT2D eigenvalue weighted by Gasteiger charge is -2.14. The highest BCUT2D eigenvalue weighted by Gasteiger charge is 2.25. The van der Waals surface area contributed by atoms with Crippen molar-refractivity contribution in [2.45, 2.75) is 17.4 Å². The lowest BCUT2D eigenvalue weighted by Crippen LogP contribution is -2.43. The molecule has 0 aliphatic heterocycles. The Morgan fingerprint density at radius 2 is 1.86 bits per heavy atom. The predicted molar refractivity (Wildman–Crippen MR) is 71.0 cm³/mol. The number of hydrogen-bond acceptors (Lipinski definition) is 6. The van der Waals surface area contributed by atoms with Gasteiger partial charge in [-0.15, -0.1) is 0 Å². The van der Waals surface area contributed by atoms with Gasteiger partial charge in [-0.2, -0.15) is 4.72 Å². The molecule has 0 saturated heterocycles. The number of carbonyl (C=O) groups excluding carboxylic acids is 1. The first-order valence-corrected chi connectivity index (χ1v) is 7.30.